The zero-order valence-electron chi connectivity index (χ0n) is 16.6. The van der Waals surface area contributed by atoms with Crippen LogP contribution in [0.15, 0.2) is 42.5 Å². The second kappa shape index (κ2) is 9.79. The number of hydrogen-bond donors (Lipinski definition) is 2. The number of carbonyl (C=O) groups is 2. The molecule has 1 saturated heterocycles. The van der Waals surface area contributed by atoms with Crippen LogP contribution in [0, 0.1) is 0 Å². The molecule has 8 heteroatoms. The minimum atomic E-state index is -0.476. The average Bonchev–Trinajstić information content (AvgIpc) is 2.78. The molecule has 154 valence electrons. The van der Waals surface area contributed by atoms with Crippen LogP contribution in [0.5, 0.6) is 11.5 Å². The summed E-state index contributed by atoms with van der Waals surface area (Å²) in [5, 5.41) is 5.25. The summed E-state index contributed by atoms with van der Waals surface area (Å²) in [7, 11) is 3.06. The molecule has 0 radical (unpaired) electrons. The third-order valence-corrected chi connectivity index (χ3v) is 4.62. The number of hydrogen-bond acceptors (Lipinski definition) is 6. The maximum absolute atomic E-state index is 12.4. The van der Waals surface area contributed by atoms with E-state index in [-0.39, 0.29) is 12.3 Å². The van der Waals surface area contributed by atoms with Gasteiger partial charge in [-0.1, -0.05) is 0 Å². The lowest BCUT2D eigenvalue weighted by Gasteiger charge is -2.28. The highest BCUT2D eigenvalue weighted by Gasteiger charge is 2.13. The molecule has 0 aromatic heterocycles. The fourth-order valence-corrected chi connectivity index (χ4v) is 3.03. The van der Waals surface area contributed by atoms with E-state index in [2.05, 4.69) is 15.5 Å². The molecular formula is C21H25N3O5. The molecule has 0 unspecified atom stereocenters. The summed E-state index contributed by atoms with van der Waals surface area (Å²) in [6.07, 6.45) is 0. The van der Waals surface area contributed by atoms with E-state index in [0.29, 0.717) is 36.0 Å². The van der Waals surface area contributed by atoms with Crippen LogP contribution < -0.4 is 25.0 Å². The van der Waals surface area contributed by atoms with Crippen LogP contribution >= 0.6 is 0 Å². The summed E-state index contributed by atoms with van der Waals surface area (Å²) >= 11 is 0. The number of methoxy groups -OCH3 is 2. The van der Waals surface area contributed by atoms with E-state index in [0.717, 1.165) is 18.8 Å². The van der Waals surface area contributed by atoms with Gasteiger partial charge in [-0.25, -0.2) is 4.79 Å². The van der Waals surface area contributed by atoms with E-state index in [4.69, 9.17) is 14.2 Å². The summed E-state index contributed by atoms with van der Waals surface area (Å²) in [6, 6.07) is 11.9. The van der Waals surface area contributed by atoms with Gasteiger partial charge in [0.25, 0.3) is 0 Å². The summed E-state index contributed by atoms with van der Waals surface area (Å²) in [4.78, 5) is 26.7. The predicted molar refractivity (Wildman–Crippen MR) is 110 cm³/mol. The van der Waals surface area contributed by atoms with Gasteiger partial charge in [0.1, 0.15) is 0 Å². The largest absolute Gasteiger partial charge is 0.493 e. The number of rotatable bonds is 7. The highest BCUT2D eigenvalue weighted by Crippen LogP contribution is 2.29. The minimum Gasteiger partial charge on any atom is -0.493 e. The van der Waals surface area contributed by atoms with Gasteiger partial charge in [0.15, 0.2) is 17.3 Å². The van der Waals surface area contributed by atoms with E-state index < -0.39 is 6.03 Å². The molecule has 2 aromatic rings. The van der Waals surface area contributed by atoms with E-state index >= 15 is 0 Å². The van der Waals surface area contributed by atoms with Crippen LogP contribution in [-0.4, -0.2) is 58.9 Å². The molecule has 0 saturated carbocycles. The smallest absolute Gasteiger partial charge is 0.319 e. The number of urea groups is 1. The summed E-state index contributed by atoms with van der Waals surface area (Å²) in [6.45, 7) is 2.99. The molecule has 1 aliphatic heterocycles. The highest BCUT2D eigenvalue weighted by atomic mass is 16.5. The van der Waals surface area contributed by atoms with Crippen molar-refractivity contribution in [3.05, 3.63) is 48.0 Å². The predicted octanol–water partition coefficient (Wildman–Crippen LogP) is 2.54. The van der Waals surface area contributed by atoms with E-state index in [1.165, 1.54) is 14.2 Å². The number of amides is 2. The first-order valence-corrected chi connectivity index (χ1v) is 9.33. The Labute approximate surface area is 169 Å². The van der Waals surface area contributed by atoms with E-state index in [1.54, 1.807) is 30.3 Å². The van der Waals surface area contributed by atoms with Crippen molar-refractivity contribution < 1.29 is 23.8 Å². The molecular weight excluding hydrogens is 374 g/mol. The molecule has 0 spiro atoms. The number of carbonyl (C=O) groups excluding carboxylic acids is 2. The fraction of sp³-hybridized carbons (Fsp3) is 0.333. The molecule has 2 aromatic carbocycles. The molecule has 1 aliphatic rings. The molecule has 0 aliphatic carbocycles. The standard InChI is InChI=1S/C21H25N3O5/c1-27-19-8-5-16(13-20(19)28-2)23-21(26)22-14-18(25)15-3-6-17(7-4-15)24-9-11-29-12-10-24/h3-8,13H,9-12,14H2,1-2H3,(H2,22,23,26). The molecule has 2 N–H and O–H groups in total. The number of ether oxygens (including phenoxy) is 3. The van der Waals surface area contributed by atoms with Crippen molar-refractivity contribution in [3.8, 4) is 11.5 Å². The van der Waals surface area contributed by atoms with Crippen molar-refractivity contribution in [1.29, 1.82) is 0 Å². The molecule has 8 nitrogen and oxygen atoms in total. The first kappa shape index (κ1) is 20.5. The van der Waals surface area contributed by atoms with Gasteiger partial charge in [0.2, 0.25) is 0 Å². The van der Waals surface area contributed by atoms with E-state index in [1.807, 2.05) is 12.1 Å². The van der Waals surface area contributed by atoms with Crippen molar-refractivity contribution in [3.63, 3.8) is 0 Å². The maximum Gasteiger partial charge on any atom is 0.319 e. The molecule has 2 amide bonds. The second-order valence-electron chi connectivity index (χ2n) is 6.45. The zero-order chi connectivity index (χ0) is 20.6. The number of nitrogens with zero attached hydrogens (tertiary/aromatic N) is 1. The van der Waals surface area contributed by atoms with Crippen molar-refractivity contribution >= 4 is 23.2 Å². The van der Waals surface area contributed by atoms with Crippen molar-refractivity contribution in [1.82, 2.24) is 5.32 Å². The molecule has 0 atom stereocenters. The summed E-state index contributed by atoms with van der Waals surface area (Å²) in [5.41, 5.74) is 2.14. The second-order valence-corrected chi connectivity index (χ2v) is 6.45. The van der Waals surface area contributed by atoms with Gasteiger partial charge >= 0.3 is 6.03 Å². The van der Waals surface area contributed by atoms with Crippen LogP contribution in [0.25, 0.3) is 0 Å². The Balaban J connectivity index is 1.51. The number of morpholine rings is 1. The van der Waals surface area contributed by atoms with Gasteiger partial charge < -0.3 is 29.7 Å². The SMILES string of the molecule is COc1ccc(NC(=O)NCC(=O)c2ccc(N3CCOCC3)cc2)cc1OC. The van der Waals surface area contributed by atoms with E-state index in [9.17, 15) is 9.59 Å². The number of ketones is 1. The van der Waals surface area contributed by atoms with Crippen LogP contribution in [-0.2, 0) is 4.74 Å². The Morgan fingerprint density at radius 1 is 1.00 bits per heavy atom. The Hall–Kier alpha value is -3.26. The Morgan fingerprint density at radius 2 is 1.69 bits per heavy atom. The lowest BCUT2D eigenvalue weighted by atomic mass is 10.1. The van der Waals surface area contributed by atoms with Gasteiger partial charge in [-0.2, -0.15) is 0 Å². The van der Waals surface area contributed by atoms with Crippen LogP contribution in [0.1, 0.15) is 10.4 Å². The number of anilines is 2. The first-order chi connectivity index (χ1) is 14.1. The van der Waals surface area contributed by atoms with Crippen LogP contribution in [0.3, 0.4) is 0 Å². The molecule has 29 heavy (non-hydrogen) atoms. The van der Waals surface area contributed by atoms with Crippen LogP contribution in [0.4, 0.5) is 16.2 Å². The van der Waals surface area contributed by atoms with Crippen molar-refractivity contribution in [2.45, 2.75) is 0 Å². The quantitative estimate of drug-likeness (QED) is 0.696. The topological polar surface area (TPSA) is 89.1 Å². The highest BCUT2D eigenvalue weighted by molar-refractivity contribution is 6.01. The van der Waals surface area contributed by atoms with Gasteiger partial charge in [0, 0.05) is 36.1 Å². The maximum atomic E-state index is 12.4. The number of nitrogens with one attached hydrogen (secondary N) is 2. The van der Waals surface area contributed by atoms with Gasteiger partial charge in [-0.05, 0) is 36.4 Å². The summed E-state index contributed by atoms with van der Waals surface area (Å²) in [5.74, 6) is 0.900. The van der Waals surface area contributed by atoms with Crippen LogP contribution in [0.2, 0.25) is 0 Å². The Bertz CT molecular complexity index is 848. The van der Waals surface area contributed by atoms with Gasteiger partial charge in [-0.3, -0.25) is 4.79 Å². The normalized spacial score (nSPS) is 13.5. The molecule has 1 fully saturated rings. The van der Waals surface area contributed by atoms with Gasteiger partial charge in [0.05, 0.1) is 34.0 Å². The third-order valence-electron chi connectivity index (χ3n) is 4.62. The molecule has 3 rings (SSSR count). The monoisotopic (exact) mass is 399 g/mol. The average molecular weight is 399 g/mol. The van der Waals surface area contributed by atoms with Gasteiger partial charge in [-0.15, -0.1) is 0 Å². The zero-order valence-corrected chi connectivity index (χ0v) is 16.6. The number of benzene rings is 2. The van der Waals surface area contributed by atoms with Crippen molar-refractivity contribution in [2.24, 2.45) is 0 Å². The lowest BCUT2D eigenvalue weighted by molar-refractivity contribution is 0.0993. The first-order valence-electron chi connectivity index (χ1n) is 9.33. The Morgan fingerprint density at radius 3 is 2.34 bits per heavy atom. The third kappa shape index (κ3) is 5.39. The molecule has 1 heterocycles. The number of Topliss-reactive ketones (excluding diaryl/α,β-unsaturated/α-hetero) is 1. The lowest BCUT2D eigenvalue weighted by Crippen LogP contribution is -2.36. The minimum absolute atomic E-state index is 0.101. The summed E-state index contributed by atoms with van der Waals surface area (Å²) < 4.78 is 15.7. The Kier molecular flexibility index (Phi) is 6.91. The fourth-order valence-electron chi connectivity index (χ4n) is 3.03. The molecule has 0 bridgehead atoms. The van der Waals surface area contributed by atoms with Crippen molar-refractivity contribution in [2.75, 3.05) is 57.3 Å².